The normalized spacial score (nSPS) is 17.0. The van der Waals surface area contributed by atoms with Gasteiger partial charge in [0.15, 0.2) is 0 Å². The van der Waals surface area contributed by atoms with E-state index in [0.717, 1.165) is 24.3 Å². The molecule has 0 radical (unpaired) electrons. The maximum absolute atomic E-state index is 12.1. The topological polar surface area (TPSA) is 76.4 Å². The molecule has 5 nitrogen and oxygen atoms in total. The summed E-state index contributed by atoms with van der Waals surface area (Å²) in [6.45, 7) is 0.487. The van der Waals surface area contributed by atoms with Crippen molar-refractivity contribution in [3.63, 3.8) is 0 Å². The molecule has 21 heavy (non-hydrogen) atoms. The van der Waals surface area contributed by atoms with Gasteiger partial charge in [0.05, 0.1) is 7.11 Å². The van der Waals surface area contributed by atoms with E-state index in [9.17, 15) is 4.79 Å². The fraction of sp³-hybridized carbons (Fsp3) is 0.562. The molecule has 1 saturated carbocycles. The first kappa shape index (κ1) is 15.6. The Bertz CT molecular complexity index is 441. The number of hydrogen-bond donors (Lipinski definition) is 3. The van der Waals surface area contributed by atoms with Crippen molar-refractivity contribution in [2.75, 3.05) is 19.0 Å². The van der Waals surface area contributed by atoms with Gasteiger partial charge in [-0.2, -0.15) is 0 Å². The third kappa shape index (κ3) is 4.63. The summed E-state index contributed by atoms with van der Waals surface area (Å²) >= 11 is 0. The van der Waals surface area contributed by atoms with E-state index in [0.29, 0.717) is 12.5 Å². The highest BCUT2D eigenvalue weighted by Gasteiger charge is 2.23. The number of nitrogens with two attached hydrogens (primary N) is 1. The summed E-state index contributed by atoms with van der Waals surface area (Å²) in [5.74, 6) is 1.27. The van der Waals surface area contributed by atoms with Crippen LogP contribution in [0, 0.1) is 5.92 Å². The van der Waals surface area contributed by atoms with Crippen LogP contribution >= 0.6 is 0 Å². The summed E-state index contributed by atoms with van der Waals surface area (Å²) in [5.41, 5.74) is 6.57. The van der Waals surface area contributed by atoms with Gasteiger partial charge in [0.25, 0.3) is 0 Å². The molecule has 1 aromatic rings. The van der Waals surface area contributed by atoms with Crippen molar-refractivity contribution in [1.82, 2.24) is 5.32 Å². The van der Waals surface area contributed by atoms with Gasteiger partial charge in [-0.15, -0.1) is 0 Å². The summed E-state index contributed by atoms with van der Waals surface area (Å²) in [5, 5.41) is 5.84. The Kier molecular flexibility index (Phi) is 5.87. The molecule has 1 unspecified atom stereocenters. The molecule has 1 aliphatic rings. The highest BCUT2D eigenvalue weighted by atomic mass is 16.5. The number of rotatable bonds is 5. The molecular formula is C16H25N3O2. The van der Waals surface area contributed by atoms with E-state index >= 15 is 0 Å². The molecule has 116 valence electrons. The Labute approximate surface area is 126 Å². The first-order valence-corrected chi connectivity index (χ1v) is 7.64. The predicted octanol–water partition coefficient (Wildman–Crippen LogP) is 2.72. The minimum atomic E-state index is -0.193. The van der Waals surface area contributed by atoms with E-state index in [2.05, 4.69) is 10.6 Å². The summed E-state index contributed by atoms with van der Waals surface area (Å²) in [6.07, 6.45) is 6.09. The Morgan fingerprint density at radius 3 is 2.52 bits per heavy atom. The largest absolute Gasteiger partial charge is 0.497 e. The third-order valence-electron chi connectivity index (χ3n) is 4.14. The maximum Gasteiger partial charge on any atom is 0.319 e. The summed E-state index contributed by atoms with van der Waals surface area (Å²) in [7, 11) is 1.62. The van der Waals surface area contributed by atoms with E-state index in [1.165, 1.54) is 19.3 Å². The summed E-state index contributed by atoms with van der Waals surface area (Å²) in [6, 6.07) is 7.13. The second-order valence-electron chi connectivity index (χ2n) is 5.57. The number of nitrogens with one attached hydrogen (secondary N) is 2. The van der Waals surface area contributed by atoms with Crippen molar-refractivity contribution in [2.45, 2.75) is 38.1 Å². The molecule has 4 N–H and O–H groups in total. The van der Waals surface area contributed by atoms with Crippen molar-refractivity contribution < 1.29 is 9.53 Å². The highest BCUT2D eigenvalue weighted by molar-refractivity contribution is 5.89. The van der Waals surface area contributed by atoms with Crippen LogP contribution in [0.1, 0.15) is 32.1 Å². The Hall–Kier alpha value is -1.75. The van der Waals surface area contributed by atoms with Crippen LogP contribution in [0.4, 0.5) is 10.5 Å². The minimum absolute atomic E-state index is 0.0588. The van der Waals surface area contributed by atoms with Gasteiger partial charge in [-0.05, 0) is 43.0 Å². The monoisotopic (exact) mass is 291 g/mol. The smallest absolute Gasteiger partial charge is 0.319 e. The average Bonchev–Trinajstić information content (AvgIpc) is 2.54. The van der Waals surface area contributed by atoms with Crippen molar-refractivity contribution in [1.29, 1.82) is 0 Å². The molecule has 1 aromatic carbocycles. The van der Waals surface area contributed by atoms with E-state index in [1.54, 1.807) is 7.11 Å². The zero-order chi connectivity index (χ0) is 15.1. The van der Waals surface area contributed by atoms with Gasteiger partial charge < -0.3 is 21.1 Å². The van der Waals surface area contributed by atoms with Crippen molar-refractivity contribution in [3.05, 3.63) is 24.3 Å². The molecular weight excluding hydrogens is 266 g/mol. The first-order valence-electron chi connectivity index (χ1n) is 7.64. The van der Waals surface area contributed by atoms with Gasteiger partial charge in [-0.3, -0.25) is 0 Å². The van der Waals surface area contributed by atoms with Gasteiger partial charge >= 0.3 is 6.03 Å². The Balaban J connectivity index is 1.86. The number of carbonyl (C=O) groups excluding carboxylic acids is 1. The van der Waals surface area contributed by atoms with E-state index in [-0.39, 0.29) is 12.1 Å². The molecule has 2 rings (SSSR count). The molecule has 2 amide bonds. The van der Waals surface area contributed by atoms with Crippen LogP contribution in [0.2, 0.25) is 0 Å². The SMILES string of the molecule is COc1ccc(NC(=O)NC(CN)C2CCCCC2)cc1. The first-order chi connectivity index (χ1) is 10.2. The molecule has 0 bridgehead atoms. The highest BCUT2D eigenvalue weighted by Crippen LogP contribution is 2.26. The van der Waals surface area contributed by atoms with Gasteiger partial charge in [-0.1, -0.05) is 19.3 Å². The summed E-state index contributed by atoms with van der Waals surface area (Å²) in [4.78, 5) is 12.1. The van der Waals surface area contributed by atoms with Crippen LogP contribution in [-0.4, -0.2) is 25.7 Å². The fourth-order valence-corrected chi connectivity index (χ4v) is 2.92. The van der Waals surface area contributed by atoms with Crippen LogP contribution in [-0.2, 0) is 0 Å². The Morgan fingerprint density at radius 1 is 1.29 bits per heavy atom. The van der Waals surface area contributed by atoms with Crippen molar-refractivity contribution in [3.8, 4) is 5.75 Å². The quantitative estimate of drug-likeness (QED) is 0.780. The molecule has 0 heterocycles. The zero-order valence-electron chi connectivity index (χ0n) is 12.6. The van der Waals surface area contributed by atoms with Gasteiger partial charge in [0.2, 0.25) is 0 Å². The molecule has 1 aliphatic carbocycles. The lowest BCUT2D eigenvalue weighted by Crippen LogP contribution is -2.47. The molecule has 0 aliphatic heterocycles. The number of ether oxygens (including phenoxy) is 1. The lowest BCUT2D eigenvalue weighted by atomic mass is 9.84. The number of hydrogen-bond acceptors (Lipinski definition) is 3. The predicted molar refractivity (Wildman–Crippen MR) is 84.6 cm³/mol. The minimum Gasteiger partial charge on any atom is -0.497 e. The fourth-order valence-electron chi connectivity index (χ4n) is 2.92. The van der Waals surface area contributed by atoms with E-state index in [1.807, 2.05) is 24.3 Å². The van der Waals surface area contributed by atoms with Gasteiger partial charge in [-0.25, -0.2) is 4.79 Å². The summed E-state index contributed by atoms with van der Waals surface area (Å²) < 4.78 is 5.09. The standard InChI is InChI=1S/C16H25N3O2/c1-21-14-9-7-13(8-10-14)18-16(20)19-15(11-17)12-5-3-2-4-6-12/h7-10,12,15H,2-6,11,17H2,1H3,(H2,18,19,20). The van der Waals surface area contributed by atoms with E-state index < -0.39 is 0 Å². The van der Waals surface area contributed by atoms with Crippen molar-refractivity contribution >= 4 is 11.7 Å². The molecule has 0 spiro atoms. The lowest BCUT2D eigenvalue weighted by Gasteiger charge is -2.30. The molecule has 0 aromatic heterocycles. The Morgan fingerprint density at radius 2 is 1.95 bits per heavy atom. The number of methoxy groups -OCH3 is 1. The lowest BCUT2D eigenvalue weighted by molar-refractivity contribution is 0.233. The van der Waals surface area contributed by atoms with Crippen molar-refractivity contribution in [2.24, 2.45) is 11.7 Å². The molecule has 0 saturated heterocycles. The number of carbonyl (C=O) groups is 1. The van der Waals surface area contributed by atoms with Crippen LogP contribution in [0.25, 0.3) is 0 Å². The molecule has 1 fully saturated rings. The van der Waals surface area contributed by atoms with Crippen LogP contribution in [0.5, 0.6) is 5.75 Å². The number of anilines is 1. The average molecular weight is 291 g/mol. The molecule has 5 heteroatoms. The second kappa shape index (κ2) is 7.88. The van der Waals surface area contributed by atoms with Crippen LogP contribution in [0.15, 0.2) is 24.3 Å². The maximum atomic E-state index is 12.1. The zero-order valence-corrected chi connectivity index (χ0v) is 12.6. The molecule has 1 atom stereocenters. The van der Waals surface area contributed by atoms with E-state index in [4.69, 9.17) is 10.5 Å². The number of urea groups is 1. The second-order valence-corrected chi connectivity index (χ2v) is 5.57. The number of amides is 2. The van der Waals surface area contributed by atoms with Gasteiger partial charge in [0, 0.05) is 18.3 Å². The number of benzene rings is 1. The van der Waals surface area contributed by atoms with Crippen LogP contribution in [0.3, 0.4) is 0 Å². The third-order valence-corrected chi connectivity index (χ3v) is 4.14. The van der Waals surface area contributed by atoms with Gasteiger partial charge in [0.1, 0.15) is 5.75 Å². The van der Waals surface area contributed by atoms with Crippen LogP contribution < -0.4 is 21.1 Å².